The van der Waals surface area contributed by atoms with Gasteiger partial charge in [0.1, 0.15) is 0 Å². The van der Waals surface area contributed by atoms with E-state index in [2.05, 4.69) is 10.4 Å². The molecule has 0 saturated carbocycles. The Morgan fingerprint density at radius 1 is 1.79 bits per heavy atom. The second-order valence-electron chi connectivity index (χ2n) is 3.78. The van der Waals surface area contributed by atoms with Crippen LogP contribution in [0.25, 0.3) is 0 Å². The number of hydrogen-bond donors (Lipinski definition) is 2. The third-order valence-electron chi connectivity index (χ3n) is 2.80. The summed E-state index contributed by atoms with van der Waals surface area (Å²) in [4.78, 5) is 0. The molecule has 0 aromatic carbocycles. The number of aliphatic hydroxyl groups is 1. The lowest BCUT2D eigenvalue weighted by Crippen LogP contribution is -2.28. The molecule has 1 fully saturated rings. The largest absolute Gasteiger partial charge is 0.387 e. The molecule has 2 N–H and O–H groups in total. The Kier molecular flexibility index (Phi) is 2.84. The molecule has 4 nitrogen and oxygen atoms in total. The van der Waals surface area contributed by atoms with Crippen LogP contribution in [-0.4, -0.2) is 27.5 Å². The van der Waals surface area contributed by atoms with Gasteiger partial charge in [-0.3, -0.25) is 4.68 Å². The molecule has 2 rings (SSSR count). The highest BCUT2D eigenvalue weighted by molar-refractivity contribution is 5.11. The van der Waals surface area contributed by atoms with Gasteiger partial charge in [0.2, 0.25) is 0 Å². The van der Waals surface area contributed by atoms with Gasteiger partial charge in [-0.05, 0) is 26.3 Å². The Morgan fingerprint density at radius 3 is 3.21 bits per heavy atom. The molecule has 2 heterocycles. The molecule has 14 heavy (non-hydrogen) atoms. The van der Waals surface area contributed by atoms with Gasteiger partial charge >= 0.3 is 0 Å². The van der Waals surface area contributed by atoms with Crippen LogP contribution in [0.4, 0.5) is 0 Å². The molecule has 0 bridgehead atoms. The number of aliphatic hydroxyl groups excluding tert-OH is 1. The zero-order valence-electron chi connectivity index (χ0n) is 8.48. The van der Waals surface area contributed by atoms with Crippen molar-refractivity contribution in [3.8, 4) is 0 Å². The molecular formula is C10H17N3O. The first-order chi connectivity index (χ1) is 6.81. The first-order valence-corrected chi connectivity index (χ1v) is 5.25. The van der Waals surface area contributed by atoms with E-state index in [0.717, 1.165) is 31.5 Å². The molecule has 4 heteroatoms. The fourth-order valence-corrected chi connectivity index (χ4v) is 1.92. The van der Waals surface area contributed by atoms with Crippen molar-refractivity contribution in [2.75, 3.05) is 6.54 Å². The Bertz CT molecular complexity index is 291. The fourth-order valence-electron chi connectivity index (χ4n) is 1.92. The predicted molar refractivity (Wildman–Crippen MR) is 53.9 cm³/mol. The normalized spacial score (nSPS) is 24.0. The second kappa shape index (κ2) is 4.11. The Hall–Kier alpha value is -0.870. The van der Waals surface area contributed by atoms with E-state index < -0.39 is 6.10 Å². The van der Waals surface area contributed by atoms with E-state index >= 15 is 0 Å². The van der Waals surface area contributed by atoms with Gasteiger partial charge in [-0.25, -0.2) is 0 Å². The predicted octanol–water partition coefficient (Wildman–Crippen LogP) is 0.688. The number of aryl methyl sites for hydroxylation is 1. The van der Waals surface area contributed by atoms with Crippen LogP contribution < -0.4 is 5.32 Å². The van der Waals surface area contributed by atoms with Gasteiger partial charge in [-0.2, -0.15) is 5.10 Å². The van der Waals surface area contributed by atoms with Crippen molar-refractivity contribution in [1.82, 2.24) is 15.1 Å². The summed E-state index contributed by atoms with van der Waals surface area (Å²) in [5.41, 5.74) is 0.922. The van der Waals surface area contributed by atoms with Crippen LogP contribution in [0.15, 0.2) is 12.4 Å². The average molecular weight is 195 g/mol. The van der Waals surface area contributed by atoms with Crippen molar-refractivity contribution in [3.05, 3.63) is 18.0 Å². The molecule has 0 radical (unpaired) electrons. The SMILES string of the molecule is CCn1cc(C(O)[C@H]2CCCN2)cn1. The summed E-state index contributed by atoms with van der Waals surface area (Å²) in [6.45, 7) is 3.91. The Balaban J connectivity index is 2.05. The molecular weight excluding hydrogens is 178 g/mol. The van der Waals surface area contributed by atoms with E-state index in [1.54, 1.807) is 6.20 Å². The van der Waals surface area contributed by atoms with Gasteiger partial charge in [0.15, 0.2) is 0 Å². The van der Waals surface area contributed by atoms with Gasteiger partial charge < -0.3 is 10.4 Å². The minimum absolute atomic E-state index is 0.213. The number of aromatic nitrogens is 2. The van der Waals surface area contributed by atoms with Crippen molar-refractivity contribution in [3.63, 3.8) is 0 Å². The van der Waals surface area contributed by atoms with Crippen LogP contribution in [0.2, 0.25) is 0 Å². The lowest BCUT2D eigenvalue weighted by Gasteiger charge is -2.16. The lowest BCUT2D eigenvalue weighted by molar-refractivity contribution is 0.137. The van der Waals surface area contributed by atoms with Gasteiger partial charge in [-0.1, -0.05) is 0 Å². The molecule has 1 aliphatic heterocycles. The number of hydrogen-bond acceptors (Lipinski definition) is 3. The summed E-state index contributed by atoms with van der Waals surface area (Å²) in [5, 5.41) is 17.5. The first-order valence-electron chi connectivity index (χ1n) is 5.25. The summed E-state index contributed by atoms with van der Waals surface area (Å²) in [7, 11) is 0. The summed E-state index contributed by atoms with van der Waals surface area (Å²) in [6, 6.07) is 0.213. The van der Waals surface area contributed by atoms with Crippen molar-refractivity contribution < 1.29 is 5.11 Å². The zero-order chi connectivity index (χ0) is 9.97. The van der Waals surface area contributed by atoms with E-state index in [-0.39, 0.29) is 6.04 Å². The minimum Gasteiger partial charge on any atom is -0.387 e. The van der Waals surface area contributed by atoms with Gasteiger partial charge in [0.05, 0.1) is 12.3 Å². The first kappa shape index (κ1) is 9.68. The summed E-state index contributed by atoms with van der Waals surface area (Å²) < 4.78 is 1.84. The summed E-state index contributed by atoms with van der Waals surface area (Å²) in [5.74, 6) is 0. The van der Waals surface area contributed by atoms with E-state index in [1.807, 2.05) is 17.8 Å². The molecule has 1 aromatic rings. The molecule has 0 aliphatic carbocycles. The summed E-state index contributed by atoms with van der Waals surface area (Å²) >= 11 is 0. The summed E-state index contributed by atoms with van der Waals surface area (Å²) in [6.07, 6.45) is 5.49. The quantitative estimate of drug-likeness (QED) is 0.746. The zero-order valence-corrected chi connectivity index (χ0v) is 8.48. The maximum Gasteiger partial charge on any atom is 0.0973 e. The maximum atomic E-state index is 10.0. The number of nitrogens with zero attached hydrogens (tertiary/aromatic N) is 2. The molecule has 1 unspecified atom stereocenters. The molecule has 2 atom stereocenters. The van der Waals surface area contributed by atoms with Crippen LogP contribution in [0.3, 0.4) is 0 Å². The van der Waals surface area contributed by atoms with E-state index in [1.165, 1.54) is 0 Å². The molecule has 1 aliphatic rings. The van der Waals surface area contributed by atoms with E-state index in [9.17, 15) is 5.11 Å². The Labute approximate surface area is 83.9 Å². The molecule has 0 spiro atoms. The number of nitrogens with one attached hydrogen (secondary N) is 1. The fraction of sp³-hybridized carbons (Fsp3) is 0.700. The molecule has 1 aromatic heterocycles. The second-order valence-corrected chi connectivity index (χ2v) is 3.78. The van der Waals surface area contributed by atoms with Gasteiger partial charge in [0.25, 0.3) is 0 Å². The molecule has 1 saturated heterocycles. The van der Waals surface area contributed by atoms with Gasteiger partial charge in [-0.15, -0.1) is 0 Å². The van der Waals surface area contributed by atoms with Crippen molar-refractivity contribution in [2.24, 2.45) is 0 Å². The Morgan fingerprint density at radius 2 is 2.64 bits per heavy atom. The third kappa shape index (κ3) is 1.81. The van der Waals surface area contributed by atoms with Crippen LogP contribution in [0, 0.1) is 0 Å². The topological polar surface area (TPSA) is 50.1 Å². The van der Waals surface area contributed by atoms with Crippen molar-refractivity contribution in [1.29, 1.82) is 0 Å². The average Bonchev–Trinajstić information content (AvgIpc) is 2.88. The van der Waals surface area contributed by atoms with Crippen LogP contribution in [0.5, 0.6) is 0 Å². The molecule has 78 valence electrons. The third-order valence-corrected chi connectivity index (χ3v) is 2.80. The monoisotopic (exact) mass is 195 g/mol. The van der Waals surface area contributed by atoms with E-state index in [0.29, 0.717) is 0 Å². The minimum atomic E-state index is -0.405. The highest BCUT2D eigenvalue weighted by Gasteiger charge is 2.24. The van der Waals surface area contributed by atoms with Gasteiger partial charge in [0, 0.05) is 24.3 Å². The van der Waals surface area contributed by atoms with Crippen LogP contribution >= 0.6 is 0 Å². The number of rotatable bonds is 3. The highest BCUT2D eigenvalue weighted by Crippen LogP contribution is 2.22. The standard InChI is InChI=1S/C10H17N3O/c1-2-13-7-8(6-12-13)10(14)9-4-3-5-11-9/h6-7,9-11,14H,2-5H2,1H3/t9-,10?/m1/s1. The van der Waals surface area contributed by atoms with Crippen molar-refractivity contribution in [2.45, 2.75) is 38.5 Å². The molecule has 0 amide bonds. The smallest absolute Gasteiger partial charge is 0.0973 e. The van der Waals surface area contributed by atoms with E-state index in [4.69, 9.17) is 0 Å². The maximum absolute atomic E-state index is 10.0. The lowest BCUT2D eigenvalue weighted by atomic mass is 10.0. The van der Waals surface area contributed by atoms with Crippen LogP contribution in [0.1, 0.15) is 31.4 Å². The van der Waals surface area contributed by atoms with Crippen molar-refractivity contribution >= 4 is 0 Å². The highest BCUT2D eigenvalue weighted by atomic mass is 16.3. The van der Waals surface area contributed by atoms with Crippen LogP contribution in [-0.2, 0) is 6.54 Å².